The molecule has 0 saturated carbocycles. The molecule has 0 aliphatic carbocycles. The van der Waals surface area contributed by atoms with Crippen molar-refractivity contribution in [3.05, 3.63) is 66.2 Å². The second-order valence-corrected chi connectivity index (χ2v) is 8.90. The van der Waals surface area contributed by atoms with E-state index in [0.29, 0.717) is 25.4 Å². The number of likely N-dealkylation sites (tertiary alicyclic amines) is 1. The lowest BCUT2D eigenvalue weighted by molar-refractivity contribution is -0.134. The smallest absolute Gasteiger partial charge is 0.241 e. The van der Waals surface area contributed by atoms with Gasteiger partial charge in [-0.2, -0.15) is 4.72 Å². The second-order valence-electron chi connectivity index (χ2n) is 7.18. The summed E-state index contributed by atoms with van der Waals surface area (Å²) in [7, 11) is -3.77. The molecule has 0 unspecified atom stereocenters. The first-order valence-electron chi connectivity index (χ1n) is 9.36. The molecule has 0 radical (unpaired) electrons. The number of carbonyl (C=O) groups excluding carboxylic acids is 1. The summed E-state index contributed by atoms with van der Waals surface area (Å²) in [6.07, 6.45) is 2.24. The molecule has 1 atom stereocenters. The summed E-state index contributed by atoms with van der Waals surface area (Å²) in [4.78, 5) is 15.1. The van der Waals surface area contributed by atoms with Gasteiger partial charge in [-0.05, 0) is 42.9 Å². The van der Waals surface area contributed by atoms with E-state index in [-0.39, 0.29) is 10.8 Å². The maximum atomic E-state index is 13.1. The van der Waals surface area contributed by atoms with E-state index in [1.807, 2.05) is 30.3 Å². The van der Waals surface area contributed by atoms with Crippen LogP contribution in [0.4, 0.5) is 0 Å². The molecular weight excluding hydrogens is 360 g/mol. The number of hydrogen-bond donors (Lipinski definition) is 1. The molecule has 2 aromatic rings. The topological polar surface area (TPSA) is 66.5 Å². The van der Waals surface area contributed by atoms with Crippen molar-refractivity contribution in [2.45, 2.75) is 37.1 Å². The van der Waals surface area contributed by atoms with Crippen molar-refractivity contribution in [2.24, 2.45) is 5.92 Å². The molecule has 1 aliphatic heterocycles. The van der Waals surface area contributed by atoms with Gasteiger partial charge in [-0.3, -0.25) is 4.79 Å². The van der Waals surface area contributed by atoms with Gasteiger partial charge in [-0.15, -0.1) is 0 Å². The van der Waals surface area contributed by atoms with Crippen LogP contribution in [0.5, 0.6) is 0 Å². The fraction of sp³-hybridized carbons (Fsp3) is 0.381. The Kier molecular flexibility index (Phi) is 6.29. The van der Waals surface area contributed by atoms with E-state index in [1.54, 1.807) is 23.1 Å². The number of hydrogen-bond acceptors (Lipinski definition) is 3. The molecule has 1 fully saturated rings. The van der Waals surface area contributed by atoms with Crippen molar-refractivity contribution in [1.82, 2.24) is 9.62 Å². The van der Waals surface area contributed by atoms with Gasteiger partial charge in [0.05, 0.1) is 4.90 Å². The number of sulfonamides is 1. The summed E-state index contributed by atoms with van der Waals surface area (Å²) in [6, 6.07) is 16.9. The average Bonchev–Trinajstić information content (AvgIpc) is 2.69. The molecule has 1 amide bonds. The molecule has 1 heterocycles. The van der Waals surface area contributed by atoms with Crippen LogP contribution in [0.2, 0.25) is 0 Å². The summed E-state index contributed by atoms with van der Waals surface area (Å²) < 4.78 is 28.2. The highest BCUT2D eigenvalue weighted by molar-refractivity contribution is 7.89. The Morgan fingerprint density at radius 2 is 1.59 bits per heavy atom. The van der Waals surface area contributed by atoms with Crippen molar-refractivity contribution in [3.63, 3.8) is 0 Å². The summed E-state index contributed by atoms with van der Waals surface area (Å²) in [5.41, 5.74) is 0.928. The standard InChI is InChI=1S/C21H26N2O3S/c1-17-12-14-23(15-13-17)21(24)20(16-18-8-4-2-5-9-18)22-27(25,26)19-10-6-3-7-11-19/h2-11,17,20,22H,12-16H2,1H3/t20-/m0/s1. The van der Waals surface area contributed by atoms with Crippen molar-refractivity contribution in [3.8, 4) is 0 Å². The number of rotatable bonds is 6. The highest BCUT2D eigenvalue weighted by atomic mass is 32.2. The van der Waals surface area contributed by atoms with E-state index in [9.17, 15) is 13.2 Å². The van der Waals surface area contributed by atoms with Crippen LogP contribution in [0.1, 0.15) is 25.3 Å². The highest BCUT2D eigenvalue weighted by Gasteiger charge is 2.31. The third-order valence-electron chi connectivity index (χ3n) is 5.03. The van der Waals surface area contributed by atoms with E-state index < -0.39 is 16.1 Å². The van der Waals surface area contributed by atoms with E-state index >= 15 is 0 Å². The normalized spacial score (nSPS) is 16.9. The zero-order chi connectivity index (χ0) is 19.3. The second kappa shape index (κ2) is 8.67. The van der Waals surface area contributed by atoms with Crippen molar-refractivity contribution in [2.75, 3.05) is 13.1 Å². The van der Waals surface area contributed by atoms with Crippen LogP contribution in [0, 0.1) is 5.92 Å². The number of carbonyl (C=O) groups is 1. The third-order valence-corrected chi connectivity index (χ3v) is 6.51. The molecular formula is C21H26N2O3S. The van der Waals surface area contributed by atoms with Crippen molar-refractivity contribution >= 4 is 15.9 Å². The van der Waals surface area contributed by atoms with Gasteiger partial charge in [0.1, 0.15) is 6.04 Å². The summed E-state index contributed by atoms with van der Waals surface area (Å²) >= 11 is 0. The van der Waals surface area contributed by atoms with Crippen LogP contribution in [0.3, 0.4) is 0 Å². The molecule has 1 aliphatic rings. The van der Waals surface area contributed by atoms with Crippen molar-refractivity contribution < 1.29 is 13.2 Å². The molecule has 1 saturated heterocycles. The first-order chi connectivity index (χ1) is 13.0. The first kappa shape index (κ1) is 19.6. The number of benzene rings is 2. The lowest BCUT2D eigenvalue weighted by Crippen LogP contribution is -2.51. The average molecular weight is 387 g/mol. The molecule has 3 rings (SSSR count). The highest BCUT2D eigenvalue weighted by Crippen LogP contribution is 2.18. The van der Waals surface area contributed by atoms with Crippen molar-refractivity contribution in [1.29, 1.82) is 0 Å². The van der Waals surface area contributed by atoms with Crippen LogP contribution in [0.15, 0.2) is 65.6 Å². The zero-order valence-electron chi connectivity index (χ0n) is 15.5. The quantitative estimate of drug-likeness (QED) is 0.830. The third kappa shape index (κ3) is 5.17. The fourth-order valence-electron chi connectivity index (χ4n) is 3.33. The Hall–Kier alpha value is -2.18. The molecule has 6 heteroatoms. The molecule has 0 spiro atoms. The van der Waals surface area contributed by atoms with E-state index in [2.05, 4.69) is 11.6 Å². The molecule has 1 N–H and O–H groups in total. The van der Waals surface area contributed by atoms with Gasteiger partial charge in [-0.25, -0.2) is 8.42 Å². The molecule has 2 aromatic carbocycles. The maximum absolute atomic E-state index is 13.1. The van der Waals surface area contributed by atoms with Crippen LogP contribution in [0.25, 0.3) is 0 Å². The number of amides is 1. The van der Waals surface area contributed by atoms with Gasteiger partial charge in [-0.1, -0.05) is 55.5 Å². The summed E-state index contributed by atoms with van der Waals surface area (Å²) in [6.45, 7) is 3.54. The summed E-state index contributed by atoms with van der Waals surface area (Å²) in [5, 5.41) is 0. The van der Waals surface area contributed by atoms with Gasteiger partial charge >= 0.3 is 0 Å². The van der Waals surface area contributed by atoms with Crippen LogP contribution < -0.4 is 4.72 Å². The van der Waals surface area contributed by atoms with E-state index in [4.69, 9.17) is 0 Å². The van der Waals surface area contributed by atoms with E-state index in [0.717, 1.165) is 18.4 Å². The zero-order valence-corrected chi connectivity index (χ0v) is 16.4. The largest absolute Gasteiger partial charge is 0.341 e. The minimum absolute atomic E-state index is 0.148. The minimum Gasteiger partial charge on any atom is -0.341 e. The minimum atomic E-state index is -3.77. The number of nitrogens with zero attached hydrogens (tertiary/aromatic N) is 1. The van der Waals surface area contributed by atoms with Crippen LogP contribution in [-0.4, -0.2) is 38.4 Å². The predicted octanol–water partition coefficient (Wildman–Crippen LogP) is 2.83. The molecule has 27 heavy (non-hydrogen) atoms. The fourth-order valence-corrected chi connectivity index (χ4v) is 4.54. The number of nitrogens with one attached hydrogen (secondary N) is 1. The SMILES string of the molecule is CC1CCN(C(=O)[C@H](Cc2ccccc2)NS(=O)(=O)c2ccccc2)CC1. The molecule has 0 bridgehead atoms. The molecule has 0 aromatic heterocycles. The van der Waals surface area contributed by atoms with Gasteiger partial charge in [0.2, 0.25) is 15.9 Å². The molecule has 5 nitrogen and oxygen atoms in total. The van der Waals surface area contributed by atoms with E-state index in [1.165, 1.54) is 12.1 Å². The Labute approximate surface area is 161 Å². The van der Waals surface area contributed by atoms with Gasteiger partial charge in [0.15, 0.2) is 0 Å². The molecule has 144 valence electrons. The summed E-state index contributed by atoms with van der Waals surface area (Å²) in [5.74, 6) is 0.452. The van der Waals surface area contributed by atoms with Gasteiger partial charge in [0, 0.05) is 13.1 Å². The first-order valence-corrected chi connectivity index (χ1v) is 10.8. The Bertz CT molecular complexity index is 846. The maximum Gasteiger partial charge on any atom is 0.241 e. The predicted molar refractivity (Wildman–Crippen MR) is 106 cm³/mol. The lowest BCUT2D eigenvalue weighted by atomic mass is 9.98. The van der Waals surface area contributed by atoms with Gasteiger partial charge < -0.3 is 4.90 Å². The van der Waals surface area contributed by atoms with Gasteiger partial charge in [0.25, 0.3) is 0 Å². The number of piperidine rings is 1. The lowest BCUT2D eigenvalue weighted by Gasteiger charge is -2.33. The Balaban J connectivity index is 1.82. The Morgan fingerprint density at radius 3 is 2.19 bits per heavy atom. The van der Waals surface area contributed by atoms with Crippen LogP contribution in [-0.2, 0) is 21.2 Å². The van der Waals surface area contributed by atoms with Crippen LogP contribution >= 0.6 is 0 Å². The monoisotopic (exact) mass is 386 g/mol. The Morgan fingerprint density at radius 1 is 1.04 bits per heavy atom.